The van der Waals surface area contributed by atoms with Crippen molar-refractivity contribution in [2.75, 3.05) is 39.3 Å². The molecule has 1 aliphatic rings. The molecule has 0 radical (unpaired) electrons. The zero-order chi connectivity index (χ0) is 20.5. The number of carbonyl (C=O) groups is 2. The second-order valence-electron chi connectivity index (χ2n) is 7.04. The quantitative estimate of drug-likeness (QED) is 0.776. The maximum atomic E-state index is 12.4. The van der Waals surface area contributed by atoms with Crippen molar-refractivity contribution in [1.29, 1.82) is 0 Å². The molecule has 7 heteroatoms. The zero-order valence-corrected chi connectivity index (χ0v) is 16.8. The van der Waals surface area contributed by atoms with Crippen molar-refractivity contribution < 1.29 is 9.59 Å². The predicted molar refractivity (Wildman–Crippen MR) is 112 cm³/mol. The maximum absolute atomic E-state index is 12.4. The molecule has 1 fully saturated rings. The van der Waals surface area contributed by atoms with Crippen LogP contribution in [-0.4, -0.2) is 70.9 Å². The Morgan fingerprint density at radius 2 is 1.83 bits per heavy atom. The van der Waals surface area contributed by atoms with Crippen LogP contribution in [0.5, 0.6) is 0 Å². The highest BCUT2D eigenvalue weighted by Crippen LogP contribution is 2.06. The minimum absolute atomic E-state index is 0.0692. The van der Waals surface area contributed by atoms with Crippen molar-refractivity contribution in [1.82, 2.24) is 25.1 Å². The summed E-state index contributed by atoms with van der Waals surface area (Å²) in [6.45, 7) is 6.14. The van der Waals surface area contributed by atoms with Gasteiger partial charge in [0, 0.05) is 51.9 Å². The Kier molecular flexibility index (Phi) is 7.47. The number of piperazine rings is 1. The Hall–Kier alpha value is -3.06. The number of nitrogens with one attached hydrogen (secondary N) is 1. The normalized spacial score (nSPS) is 14.9. The molecule has 0 aliphatic carbocycles. The largest absolute Gasteiger partial charge is 0.350 e. The fraction of sp³-hybridized carbons (Fsp3) is 0.364. The molecule has 2 aromatic rings. The molecule has 1 aromatic carbocycles. The van der Waals surface area contributed by atoms with Crippen LogP contribution in [0.25, 0.3) is 6.08 Å². The van der Waals surface area contributed by atoms with E-state index in [1.807, 2.05) is 30.0 Å². The van der Waals surface area contributed by atoms with Gasteiger partial charge < -0.3 is 10.2 Å². The summed E-state index contributed by atoms with van der Waals surface area (Å²) in [5, 5.41) is 2.73. The average Bonchev–Trinajstić information content (AvgIpc) is 2.75. The van der Waals surface area contributed by atoms with E-state index >= 15 is 0 Å². The lowest BCUT2D eigenvalue weighted by Crippen LogP contribution is -2.49. The van der Waals surface area contributed by atoms with Gasteiger partial charge in [0.05, 0.1) is 11.9 Å². The number of hydrogen-bond donors (Lipinski definition) is 1. The van der Waals surface area contributed by atoms with Crippen LogP contribution in [-0.2, 0) is 4.79 Å². The second kappa shape index (κ2) is 10.5. The Labute approximate surface area is 171 Å². The van der Waals surface area contributed by atoms with Crippen molar-refractivity contribution in [2.45, 2.75) is 13.3 Å². The van der Waals surface area contributed by atoms with Crippen molar-refractivity contribution in [3.63, 3.8) is 0 Å². The summed E-state index contributed by atoms with van der Waals surface area (Å²) in [5.74, 6) is -0.236. The summed E-state index contributed by atoms with van der Waals surface area (Å²) in [4.78, 5) is 36.7. The van der Waals surface area contributed by atoms with Crippen molar-refractivity contribution in [3.05, 3.63) is 65.8 Å². The lowest BCUT2D eigenvalue weighted by Gasteiger charge is -2.34. The Morgan fingerprint density at radius 3 is 2.52 bits per heavy atom. The molecule has 2 heterocycles. The summed E-state index contributed by atoms with van der Waals surface area (Å²) in [5.41, 5.74) is 2.21. The van der Waals surface area contributed by atoms with E-state index in [1.54, 1.807) is 6.20 Å². The first-order chi connectivity index (χ1) is 14.1. The molecule has 0 unspecified atom stereocenters. The number of aryl methyl sites for hydroxylation is 1. The van der Waals surface area contributed by atoms with Crippen LogP contribution in [0, 0.1) is 6.92 Å². The topological polar surface area (TPSA) is 78.4 Å². The van der Waals surface area contributed by atoms with E-state index in [2.05, 4.69) is 44.5 Å². The summed E-state index contributed by atoms with van der Waals surface area (Å²) in [6, 6.07) is 10.2. The highest BCUT2D eigenvalue weighted by atomic mass is 16.2. The van der Waals surface area contributed by atoms with Gasteiger partial charge in [0.2, 0.25) is 5.91 Å². The minimum Gasteiger partial charge on any atom is -0.350 e. The summed E-state index contributed by atoms with van der Waals surface area (Å²) in [6.07, 6.45) is 7.57. The van der Waals surface area contributed by atoms with Crippen molar-refractivity contribution in [3.8, 4) is 0 Å². The third-order valence-electron chi connectivity index (χ3n) is 4.84. The fourth-order valence-corrected chi connectivity index (χ4v) is 3.12. The van der Waals surface area contributed by atoms with Crippen LogP contribution in [0.3, 0.4) is 0 Å². The molecule has 152 valence electrons. The summed E-state index contributed by atoms with van der Waals surface area (Å²) < 4.78 is 0. The average molecular weight is 393 g/mol. The standard InChI is InChI=1S/C22H27N5O2/c1-18-16-25-20(17-24-18)22(29)23-10-9-21(28)27-14-12-26(13-15-27)11-5-8-19-6-3-2-4-7-19/h2-8,16-17H,9-15H2,1H3,(H,23,29)/b8-5+. The van der Waals surface area contributed by atoms with E-state index in [4.69, 9.17) is 0 Å². The van der Waals surface area contributed by atoms with Gasteiger partial charge in [-0.15, -0.1) is 0 Å². The Balaban J connectivity index is 1.34. The molecule has 0 atom stereocenters. The number of benzene rings is 1. The van der Waals surface area contributed by atoms with Gasteiger partial charge >= 0.3 is 0 Å². The van der Waals surface area contributed by atoms with Crippen LogP contribution in [0.2, 0.25) is 0 Å². The lowest BCUT2D eigenvalue weighted by atomic mass is 10.2. The van der Waals surface area contributed by atoms with E-state index in [0.717, 1.165) is 38.4 Å². The molecule has 7 nitrogen and oxygen atoms in total. The highest BCUT2D eigenvalue weighted by Gasteiger charge is 2.20. The van der Waals surface area contributed by atoms with Gasteiger partial charge in [0.15, 0.2) is 0 Å². The lowest BCUT2D eigenvalue weighted by molar-refractivity contribution is -0.132. The molecule has 29 heavy (non-hydrogen) atoms. The van der Waals surface area contributed by atoms with Gasteiger partial charge in [-0.25, -0.2) is 4.98 Å². The Bertz CT molecular complexity index is 828. The third kappa shape index (κ3) is 6.50. The molecule has 1 aromatic heterocycles. The smallest absolute Gasteiger partial charge is 0.271 e. The van der Waals surface area contributed by atoms with Crippen molar-refractivity contribution >= 4 is 17.9 Å². The van der Waals surface area contributed by atoms with E-state index < -0.39 is 0 Å². The fourth-order valence-electron chi connectivity index (χ4n) is 3.12. The predicted octanol–water partition coefficient (Wildman–Crippen LogP) is 1.76. The number of carbonyl (C=O) groups excluding carboxylic acids is 2. The van der Waals surface area contributed by atoms with E-state index in [9.17, 15) is 9.59 Å². The second-order valence-corrected chi connectivity index (χ2v) is 7.04. The summed E-state index contributed by atoms with van der Waals surface area (Å²) in [7, 11) is 0. The van der Waals surface area contributed by atoms with Gasteiger partial charge in [-0.2, -0.15) is 0 Å². The van der Waals surface area contributed by atoms with E-state index in [1.165, 1.54) is 11.8 Å². The van der Waals surface area contributed by atoms with Crippen LogP contribution >= 0.6 is 0 Å². The van der Waals surface area contributed by atoms with Crippen LogP contribution in [0.1, 0.15) is 28.2 Å². The molecule has 0 bridgehead atoms. The molecule has 3 rings (SSSR count). The first-order valence-corrected chi connectivity index (χ1v) is 9.90. The van der Waals surface area contributed by atoms with E-state index in [-0.39, 0.29) is 17.5 Å². The molecule has 1 saturated heterocycles. The molecular formula is C22H27N5O2. The van der Waals surface area contributed by atoms with Gasteiger partial charge in [-0.05, 0) is 12.5 Å². The Morgan fingerprint density at radius 1 is 1.07 bits per heavy atom. The molecule has 0 saturated carbocycles. The first-order valence-electron chi connectivity index (χ1n) is 9.90. The van der Waals surface area contributed by atoms with Gasteiger partial charge in [0.25, 0.3) is 5.91 Å². The van der Waals surface area contributed by atoms with Gasteiger partial charge in [-0.1, -0.05) is 42.5 Å². The number of nitrogens with zero attached hydrogens (tertiary/aromatic N) is 4. The van der Waals surface area contributed by atoms with Gasteiger partial charge in [0.1, 0.15) is 5.69 Å². The molecular weight excluding hydrogens is 366 g/mol. The third-order valence-corrected chi connectivity index (χ3v) is 4.84. The first kappa shape index (κ1) is 20.7. The maximum Gasteiger partial charge on any atom is 0.271 e. The SMILES string of the molecule is Cc1cnc(C(=O)NCCC(=O)N2CCN(C/C=C/c3ccccc3)CC2)cn1. The molecule has 2 amide bonds. The molecule has 1 N–H and O–H groups in total. The van der Waals surface area contributed by atoms with Gasteiger partial charge in [-0.3, -0.25) is 19.5 Å². The summed E-state index contributed by atoms with van der Waals surface area (Å²) >= 11 is 0. The van der Waals surface area contributed by atoms with Crippen molar-refractivity contribution in [2.24, 2.45) is 0 Å². The number of hydrogen-bond acceptors (Lipinski definition) is 5. The van der Waals surface area contributed by atoms with Crippen LogP contribution in [0.15, 0.2) is 48.8 Å². The van der Waals surface area contributed by atoms with E-state index in [0.29, 0.717) is 13.0 Å². The van der Waals surface area contributed by atoms with Crippen LogP contribution < -0.4 is 5.32 Å². The minimum atomic E-state index is -0.305. The molecule has 0 spiro atoms. The highest BCUT2D eigenvalue weighted by molar-refractivity contribution is 5.92. The molecule has 1 aliphatic heterocycles. The monoisotopic (exact) mass is 393 g/mol. The number of rotatable bonds is 7. The number of amides is 2. The zero-order valence-electron chi connectivity index (χ0n) is 16.8. The number of aromatic nitrogens is 2. The van der Waals surface area contributed by atoms with Crippen LogP contribution in [0.4, 0.5) is 0 Å².